The van der Waals surface area contributed by atoms with Gasteiger partial charge in [-0.2, -0.15) is 0 Å². The Balaban J connectivity index is 2.14. The van der Waals surface area contributed by atoms with Crippen molar-refractivity contribution in [1.82, 2.24) is 4.90 Å². The zero-order valence-electron chi connectivity index (χ0n) is 13.1. The van der Waals surface area contributed by atoms with Crippen LogP contribution >= 0.6 is 0 Å². The van der Waals surface area contributed by atoms with E-state index in [2.05, 4.69) is 0 Å². The topological polar surface area (TPSA) is 57.6 Å². The smallest absolute Gasteiger partial charge is 0.229 e. The quantitative estimate of drug-likeness (QED) is 0.870. The van der Waals surface area contributed by atoms with Crippen LogP contribution in [0.4, 0.5) is 0 Å². The van der Waals surface area contributed by atoms with Crippen molar-refractivity contribution in [2.75, 3.05) is 6.54 Å². The van der Waals surface area contributed by atoms with Gasteiger partial charge in [0.25, 0.3) is 0 Å². The van der Waals surface area contributed by atoms with Crippen molar-refractivity contribution in [3.8, 4) is 0 Å². The first-order chi connectivity index (χ1) is 9.68. The maximum atomic E-state index is 12.1. The predicted molar refractivity (Wildman–Crippen MR) is 80.6 cm³/mol. The molecule has 1 aromatic rings. The average Bonchev–Trinajstić information content (AvgIpc) is 2.31. The van der Waals surface area contributed by atoms with E-state index >= 15 is 0 Å². The number of aliphatic hydroxyl groups excluding tert-OH is 1. The first-order valence-electron chi connectivity index (χ1n) is 7.27. The summed E-state index contributed by atoms with van der Waals surface area (Å²) in [4.78, 5) is 25.4. The van der Waals surface area contributed by atoms with E-state index < -0.39 is 6.10 Å². The van der Waals surface area contributed by atoms with Crippen LogP contribution in [0.1, 0.15) is 49.5 Å². The molecule has 1 saturated heterocycles. The third-order valence-corrected chi connectivity index (χ3v) is 3.85. The summed E-state index contributed by atoms with van der Waals surface area (Å²) in [7, 11) is 0. The molecule has 2 rings (SSSR count). The van der Waals surface area contributed by atoms with Crippen LogP contribution in [0.15, 0.2) is 18.2 Å². The lowest BCUT2D eigenvalue weighted by Gasteiger charge is -2.35. The highest BCUT2D eigenvalue weighted by molar-refractivity contribution is 5.98. The summed E-state index contributed by atoms with van der Waals surface area (Å²) in [5.41, 5.74) is 2.58. The number of aryl methyl sites for hydroxylation is 2. The predicted octanol–water partition coefficient (Wildman–Crippen LogP) is 2.51. The summed E-state index contributed by atoms with van der Waals surface area (Å²) in [6, 6.07) is 5.80. The highest BCUT2D eigenvalue weighted by atomic mass is 16.3. The van der Waals surface area contributed by atoms with Gasteiger partial charge in [0.1, 0.15) is 0 Å². The van der Waals surface area contributed by atoms with Crippen molar-refractivity contribution in [3.05, 3.63) is 34.9 Å². The van der Waals surface area contributed by atoms with Gasteiger partial charge in [0.2, 0.25) is 11.8 Å². The molecule has 4 nitrogen and oxygen atoms in total. The molecule has 114 valence electrons. The molecule has 1 heterocycles. The van der Waals surface area contributed by atoms with Crippen molar-refractivity contribution in [2.45, 2.75) is 46.6 Å². The molecule has 1 atom stereocenters. The highest BCUT2D eigenvalue weighted by Gasteiger charge is 2.38. The maximum Gasteiger partial charge on any atom is 0.229 e. The number of amides is 2. The summed E-state index contributed by atoms with van der Waals surface area (Å²) in [6.07, 6.45) is -0.144. The fourth-order valence-electron chi connectivity index (χ4n) is 2.90. The van der Waals surface area contributed by atoms with Gasteiger partial charge in [-0.1, -0.05) is 43.2 Å². The minimum atomic E-state index is -0.835. The second-order valence-electron chi connectivity index (χ2n) is 6.85. The number of benzene rings is 1. The number of imide groups is 1. The molecule has 21 heavy (non-hydrogen) atoms. The van der Waals surface area contributed by atoms with E-state index in [1.807, 2.05) is 45.9 Å². The van der Waals surface area contributed by atoms with Gasteiger partial charge < -0.3 is 5.11 Å². The maximum absolute atomic E-state index is 12.1. The normalized spacial score (nSPS) is 19.8. The van der Waals surface area contributed by atoms with E-state index in [1.54, 1.807) is 0 Å². The number of rotatable bonds is 3. The summed E-state index contributed by atoms with van der Waals surface area (Å²) in [5, 5.41) is 10.3. The largest absolute Gasteiger partial charge is 0.387 e. The molecule has 1 aliphatic heterocycles. The number of piperidine rings is 1. The van der Waals surface area contributed by atoms with Crippen molar-refractivity contribution < 1.29 is 14.7 Å². The summed E-state index contributed by atoms with van der Waals surface area (Å²) in [5.74, 6) is -0.389. The molecule has 1 fully saturated rings. The first-order valence-corrected chi connectivity index (χ1v) is 7.27. The molecule has 0 spiro atoms. The highest BCUT2D eigenvalue weighted by Crippen LogP contribution is 2.32. The lowest BCUT2D eigenvalue weighted by molar-refractivity contribution is -0.154. The molecule has 1 N–H and O–H groups in total. The van der Waals surface area contributed by atoms with Crippen LogP contribution in [0.25, 0.3) is 0 Å². The van der Waals surface area contributed by atoms with Gasteiger partial charge in [-0.05, 0) is 24.8 Å². The van der Waals surface area contributed by atoms with Gasteiger partial charge in [-0.3, -0.25) is 14.5 Å². The van der Waals surface area contributed by atoms with Crippen molar-refractivity contribution in [1.29, 1.82) is 0 Å². The minimum Gasteiger partial charge on any atom is -0.387 e. The molecular formula is C17H23NO3. The molecule has 1 aromatic carbocycles. The second-order valence-corrected chi connectivity index (χ2v) is 6.85. The number of likely N-dealkylation sites (tertiary alicyclic amines) is 1. The number of nitrogens with zero attached hydrogens (tertiary/aromatic N) is 1. The van der Waals surface area contributed by atoms with Crippen LogP contribution in [0.2, 0.25) is 0 Å². The van der Waals surface area contributed by atoms with E-state index in [0.29, 0.717) is 12.8 Å². The zero-order chi connectivity index (χ0) is 15.8. The second kappa shape index (κ2) is 5.60. The average molecular weight is 289 g/mol. The summed E-state index contributed by atoms with van der Waals surface area (Å²) < 4.78 is 0. The lowest BCUT2D eigenvalue weighted by atomic mass is 9.81. The van der Waals surface area contributed by atoms with Crippen LogP contribution in [0.5, 0.6) is 0 Å². The Kier molecular flexibility index (Phi) is 4.19. The molecule has 0 aromatic heterocycles. The van der Waals surface area contributed by atoms with Gasteiger partial charge in [0, 0.05) is 12.8 Å². The Labute approximate surface area is 125 Å². The Morgan fingerprint density at radius 3 is 2.05 bits per heavy atom. The molecule has 4 heteroatoms. The zero-order valence-corrected chi connectivity index (χ0v) is 13.1. The lowest BCUT2D eigenvalue weighted by Crippen LogP contribution is -2.47. The van der Waals surface area contributed by atoms with E-state index in [4.69, 9.17) is 0 Å². The molecule has 0 saturated carbocycles. The van der Waals surface area contributed by atoms with Crippen molar-refractivity contribution >= 4 is 11.8 Å². The van der Waals surface area contributed by atoms with E-state index in [9.17, 15) is 14.7 Å². The Morgan fingerprint density at radius 2 is 1.57 bits per heavy atom. The molecule has 0 bridgehead atoms. The van der Waals surface area contributed by atoms with Crippen molar-refractivity contribution in [2.24, 2.45) is 5.41 Å². The number of β-amino-alcohol motifs (C(OH)–C–C–N with tert-alkyl or cyclic N) is 1. The number of hydrogen-bond donors (Lipinski definition) is 1. The van der Waals surface area contributed by atoms with E-state index in [1.165, 1.54) is 4.90 Å². The van der Waals surface area contributed by atoms with E-state index in [-0.39, 0.29) is 23.8 Å². The van der Waals surface area contributed by atoms with Gasteiger partial charge in [0.15, 0.2) is 0 Å². The molecule has 0 aliphatic carbocycles. The van der Waals surface area contributed by atoms with Crippen LogP contribution < -0.4 is 0 Å². The Morgan fingerprint density at radius 1 is 1.10 bits per heavy atom. The first kappa shape index (κ1) is 15.7. The fraction of sp³-hybridized carbons (Fsp3) is 0.529. The number of aliphatic hydroxyl groups is 1. The summed E-state index contributed by atoms with van der Waals surface area (Å²) >= 11 is 0. The Hall–Kier alpha value is -1.68. The van der Waals surface area contributed by atoms with E-state index in [0.717, 1.165) is 16.7 Å². The molecule has 1 unspecified atom stereocenters. The molecule has 0 radical (unpaired) electrons. The monoisotopic (exact) mass is 289 g/mol. The summed E-state index contributed by atoms with van der Waals surface area (Å²) in [6.45, 7) is 7.80. The SMILES string of the molecule is Cc1cc(C)cc(C(O)CN2C(=O)CC(C)(C)CC2=O)c1. The third-order valence-electron chi connectivity index (χ3n) is 3.85. The van der Waals surface area contributed by atoms with Gasteiger partial charge >= 0.3 is 0 Å². The number of hydrogen-bond acceptors (Lipinski definition) is 3. The fourth-order valence-corrected chi connectivity index (χ4v) is 2.90. The van der Waals surface area contributed by atoms with Gasteiger partial charge in [-0.15, -0.1) is 0 Å². The molecule has 1 aliphatic rings. The van der Waals surface area contributed by atoms with Gasteiger partial charge in [0.05, 0.1) is 12.6 Å². The minimum absolute atomic E-state index is 0.0383. The van der Waals surface area contributed by atoms with Crippen molar-refractivity contribution in [3.63, 3.8) is 0 Å². The van der Waals surface area contributed by atoms with Crippen LogP contribution in [0.3, 0.4) is 0 Å². The number of carbonyl (C=O) groups excluding carboxylic acids is 2. The van der Waals surface area contributed by atoms with Crippen LogP contribution in [0, 0.1) is 19.3 Å². The standard InChI is InChI=1S/C17H23NO3/c1-11-5-12(2)7-13(6-11)14(19)10-18-15(20)8-17(3,4)9-16(18)21/h5-7,14,19H,8-10H2,1-4H3. The van der Waals surface area contributed by atoms with Crippen LogP contribution in [-0.4, -0.2) is 28.4 Å². The van der Waals surface area contributed by atoms with Crippen LogP contribution in [-0.2, 0) is 9.59 Å². The van der Waals surface area contributed by atoms with Gasteiger partial charge in [-0.25, -0.2) is 0 Å². The molecule has 2 amide bonds. The Bertz CT molecular complexity index is 537. The third kappa shape index (κ3) is 3.70. The number of carbonyl (C=O) groups is 2. The molecular weight excluding hydrogens is 266 g/mol.